The number of aromatic amines is 1. The highest BCUT2D eigenvalue weighted by Crippen LogP contribution is 2.34. The fraction of sp³-hybridized carbons (Fsp3) is 0.438. The molecule has 0 atom stereocenters. The van der Waals surface area contributed by atoms with E-state index in [1.807, 2.05) is 18.2 Å². The van der Waals surface area contributed by atoms with Crippen molar-refractivity contribution in [1.82, 2.24) is 15.5 Å². The highest BCUT2D eigenvalue weighted by Gasteiger charge is 2.34. The van der Waals surface area contributed by atoms with Gasteiger partial charge in [-0.25, -0.2) is 0 Å². The first-order valence-electron chi connectivity index (χ1n) is 7.31. The second kappa shape index (κ2) is 6.60. The molecule has 4 nitrogen and oxygen atoms in total. The van der Waals surface area contributed by atoms with Crippen molar-refractivity contribution < 1.29 is 4.74 Å². The van der Waals surface area contributed by atoms with Gasteiger partial charge in [-0.05, 0) is 36.6 Å². The van der Waals surface area contributed by atoms with Crippen LogP contribution < -0.4 is 5.32 Å². The Morgan fingerprint density at radius 1 is 1.19 bits per heavy atom. The van der Waals surface area contributed by atoms with Crippen molar-refractivity contribution in [1.29, 1.82) is 0 Å². The molecular weight excluding hydrogens is 286 g/mol. The fourth-order valence-electron chi connectivity index (χ4n) is 2.95. The maximum atomic E-state index is 6.02. The standard InChI is InChI=1S/C16H20ClN3O/c17-14-3-1-13(2-4-14)16(6-9-21-10-7-16)12-18-11-15-5-8-19-20-15/h1-5,8,18H,6-7,9-12H2,(H,19,20). The molecule has 21 heavy (non-hydrogen) atoms. The molecule has 0 radical (unpaired) electrons. The molecule has 2 N–H and O–H groups in total. The predicted octanol–water partition coefficient (Wildman–Crippen LogP) is 2.90. The van der Waals surface area contributed by atoms with E-state index in [1.54, 1.807) is 6.20 Å². The van der Waals surface area contributed by atoms with Crippen LogP contribution >= 0.6 is 11.6 Å². The van der Waals surface area contributed by atoms with E-state index in [0.717, 1.165) is 49.9 Å². The maximum absolute atomic E-state index is 6.02. The van der Waals surface area contributed by atoms with Crippen LogP contribution in [0.2, 0.25) is 5.02 Å². The third-order valence-electron chi connectivity index (χ3n) is 4.24. The average molecular weight is 306 g/mol. The molecule has 0 unspecified atom stereocenters. The third kappa shape index (κ3) is 3.46. The van der Waals surface area contributed by atoms with Crippen molar-refractivity contribution in [3.63, 3.8) is 0 Å². The van der Waals surface area contributed by atoms with Crippen LogP contribution in [0, 0.1) is 0 Å². The van der Waals surface area contributed by atoms with Crippen molar-refractivity contribution in [3.05, 3.63) is 52.8 Å². The lowest BCUT2D eigenvalue weighted by Gasteiger charge is -2.38. The van der Waals surface area contributed by atoms with Gasteiger partial charge in [0.15, 0.2) is 0 Å². The number of nitrogens with zero attached hydrogens (tertiary/aromatic N) is 1. The molecule has 2 heterocycles. The lowest BCUT2D eigenvalue weighted by molar-refractivity contribution is 0.0497. The number of halogens is 1. The minimum absolute atomic E-state index is 0.128. The van der Waals surface area contributed by atoms with Gasteiger partial charge in [0.2, 0.25) is 0 Å². The second-order valence-corrected chi connectivity index (χ2v) is 6.02. The van der Waals surface area contributed by atoms with Gasteiger partial charge in [0.1, 0.15) is 0 Å². The molecule has 1 aliphatic rings. The van der Waals surface area contributed by atoms with Crippen LogP contribution in [0.4, 0.5) is 0 Å². The van der Waals surface area contributed by atoms with Gasteiger partial charge in [0.25, 0.3) is 0 Å². The zero-order valence-electron chi connectivity index (χ0n) is 11.9. The first-order chi connectivity index (χ1) is 10.3. The molecular formula is C16H20ClN3O. The number of nitrogens with one attached hydrogen (secondary N) is 2. The van der Waals surface area contributed by atoms with E-state index in [4.69, 9.17) is 16.3 Å². The largest absolute Gasteiger partial charge is 0.381 e. The lowest BCUT2D eigenvalue weighted by atomic mass is 9.74. The van der Waals surface area contributed by atoms with Gasteiger partial charge < -0.3 is 10.1 Å². The molecule has 1 aromatic carbocycles. The molecule has 0 saturated carbocycles. The molecule has 1 aliphatic heterocycles. The van der Waals surface area contributed by atoms with Crippen LogP contribution in [0.25, 0.3) is 0 Å². The van der Waals surface area contributed by atoms with Gasteiger partial charge in [-0.1, -0.05) is 23.7 Å². The molecule has 1 fully saturated rings. The molecule has 0 bridgehead atoms. The van der Waals surface area contributed by atoms with Crippen LogP contribution in [0.1, 0.15) is 24.1 Å². The van der Waals surface area contributed by atoms with Crippen molar-refractivity contribution in [2.45, 2.75) is 24.8 Å². The van der Waals surface area contributed by atoms with Crippen molar-refractivity contribution in [2.75, 3.05) is 19.8 Å². The van der Waals surface area contributed by atoms with Crippen molar-refractivity contribution >= 4 is 11.6 Å². The van der Waals surface area contributed by atoms with E-state index in [-0.39, 0.29) is 5.41 Å². The second-order valence-electron chi connectivity index (χ2n) is 5.59. The van der Waals surface area contributed by atoms with Gasteiger partial charge in [-0.3, -0.25) is 5.10 Å². The number of hydrogen-bond acceptors (Lipinski definition) is 3. The summed E-state index contributed by atoms with van der Waals surface area (Å²) in [5.74, 6) is 0. The van der Waals surface area contributed by atoms with Crippen LogP contribution in [0.5, 0.6) is 0 Å². The number of ether oxygens (including phenoxy) is 1. The van der Waals surface area contributed by atoms with E-state index < -0.39 is 0 Å². The molecule has 0 aliphatic carbocycles. The van der Waals surface area contributed by atoms with Crippen molar-refractivity contribution in [2.24, 2.45) is 0 Å². The Kier molecular flexibility index (Phi) is 4.58. The van der Waals surface area contributed by atoms with E-state index >= 15 is 0 Å². The van der Waals surface area contributed by atoms with E-state index in [1.165, 1.54) is 5.56 Å². The van der Waals surface area contributed by atoms with Crippen molar-refractivity contribution in [3.8, 4) is 0 Å². The normalized spacial score (nSPS) is 17.8. The summed E-state index contributed by atoms with van der Waals surface area (Å²) in [5.41, 5.74) is 2.57. The molecule has 112 valence electrons. The monoisotopic (exact) mass is 305 g/mol. The summed E-state index contributed by atoms with van der Waals surface area (Å²) in [6.07, 6.45) is 3.84. The number of aromatic nitrogens is 2. The highest BCUT2D eigenvalue weighted by molar-refractivity contribution is 6.30. The Morgan fingerprint density at radius 3 is 2.62 bits per heavy atom. The summed E-state index contributed by atoms with van der Waals surface area (Å²) in [5, 5.41) is 11.3. The number of hydrogen-bond donors (Lipinski definition) is 2. The van der Waals surface area contributed by atoms with Gasteiger partial charge >= 0.3 is 0 Å². The molecule has 1 aromatic heterocycles. The summed E-state index contributed by atoms with van der Waals surface area (Å²) < 4.78 is 5.55. The van der Waals surface area contributed by atoms with Gasteiger partial charge in [0, 0.05) is 48.6 Å². The highest BCUT2D eigenvalue weighted by atomic mass is 35.5. The molecule has 0 amide bonds. The quantitative estimate of drug-likeness (QED) is 0.893. The van der Waals surface area contributed by atoms with Gasteiger partial charge in [0.05, 0.1) is 0 Å². The Hall–Kier alpha value is -1.36. The molecule has 2 aromatic rings. The minimum atomic E-state index is 0.128. The zero-order valence-corrected chi connectivity index (χ0v) is 12.7. The van der Waals surface area contributed by atoms with E-state index in [0.29, 0.717) is 0 Å². The Balaban J connectivity index is 1.71. The Morgan fingerprint density at radius 2 is 1.95 bits per heavy atom. The fourth-order valence-corrected chi connectivity index (χ4v) is 3.08. The number of rotatable bonds is 5. The lowest BCUT2D eigenvalue weighted by Crippen LogP contribution is -2.42. The summed E-state index contributed by atoms with van der Waals surface area (Å²) in [7, 11) is 0. The third-order valence-corrected chi connectivity index (χ3v) is 4.50. The van der Waals surface area contributed by atoms with Crippen LogP contribution in [-0.2, 0) is 16.7 Å². The predicted molar refractivity (Wildman–Crippen MR) is 83.5 cm³/mol. The average Bonchev–Trinajstić information content (AvgIpc) is 3.02. The molecule has 1 saturated heterocycles. The molecule has 0 spiro atoms. The summed E-state index contributed by atoms with van der Waals surface area (Å²) in [6.45, 7) is 3.36. The topological polar surface area (TPSA) is 49.9 Å². The van der Waals surface area contributed by atoms with Gasteiger partial charge in [-0.15, -0.1) is 0 Å². The first kappa shape index (κ1) is 14.6. The van der Waals surface area contributed by atoms with Crippen LogP contribution in [0.15, 0.2) is 36.5 Å². The number of benzene rings is 1. The van der Waals surface area contributed by atoms with E-state index in [9.17, 15) is 0 Å². The first-order valence-corrected chi connectivity index (χ1v) is 7.69. The SMILES string of the molecule is Clc1ccc(C2(CNCc3ccn[nH]3)CCOCC2)cc1. The Bertz CT molecular complexity index is 547. The summed E-state index contributed by atoms with van der Waals surface area (Å²) in [6, 6.07) is 10.2. The van der Waals surface area contributed by atoms with E-state index in [2.05, 4.69) is 27.6 Å². The molecule has 5 heteroatoms. The zero-order chi connectivity index (χ0) is 14.5. The maximum Gasteiger partial charge on any atom is 0.0490 e. The summed E-state index contributed by atoms with van der Waals surface area (Å²) >= 11 is 6.02. The Labute approximate surface area is 129 Å². The van der Waals surface area contributed by atoms with Crippen LogP contribution in [0.3, 0.4) is 0 Å². The smallest absolute Gasteiger partial charge is 0.0490 e. The van der Waals surface area contributed by atoms with Gasteiger partial charge in [-0.2, -0.15) is 5.10 Å². The van der Waals surface area contributed by atoms with Crippen LogP contribution in [-0.4, -0.2) is 30.0 Å². The molecule has 3 rings (SSSR count). The minimum Gasteiger partial charge on any atom is -0.381 e. The summed E-state index contributed by atoms with van der Waals surface area (Å²) in [4.78, 5) is 0. The number of H-pyrrole nitrogens is 1.